The van der Waals surface area contributed by atoms with E-state index in [0.717, 1.165) is 37.7 Å². The van der Waals surface area contributed by atoms with Crippen LogP contribution in [-0.2, 0) is 5.41 Å². The number of aliphatic hydroxyl groups excluding tert-OH is 1. The van der Waals surface area contributed by atoms with Crippen LogP contribution in [-0.4, -0.2) is 57.7 Å². The maximum absolute atomic E-state index is 10.5. The number of nitrogens with one attached hydrogen (secondary N) is 1. The van der Waals surface area contributed by atoms with Crippen LogP contribution < -0.4 is 19.3 Å². The molecule has 158 valence electrons. The Morgan fingerprint density at radius 2 is 1.69 bits per heavy atom. The molecule has 0 saturated carbocycles. The van der Waals surface area contributed by atoms with Crippen LogP contribution >= 0.6 is 0 Å². The van der Waals surface area contributed by atoms with E-state index in [1.165, 1.54) is 16.2 Å². The molecular formula is C24H35N2O3+. The topological polar surface area (TPSA) is 46.4 Å². The predicted octanol–water partition coefficient (Wildman–Crippen LogP) is 2.14. The standard InChI is InChI=1S/C24H34N2O3/c1-24(2,3)22-7-5-6-8-23(22)29-18-20(27)17-25-13-15-26(16-14-25)19-9-11-21(28-4)12-10-19/h5-12,20,27H,13-18H2,1-4H3/p+1/t20-/m0/s1. The molecule has 0 spiro atoms. The summed E-state index contributed by atoms with van der Waals surface area (Å²) in [5, 5.41) is 10.5. The molecule has 1 atom stereocenters. The summed E-state index contributed by atoms with van der Waals surface area (Å²) in [6.45, 7) is 11.6. The maximum atomic E-state index is 10.5. The fraction of sp³-hybridized carbons (Fsp3) is 0.500. The Morgan fingerprint density at radius 1 is 1.03 bits per heavy atom. The van der Waals surface area contributed by atoms with Gasteiger partial charge in [0, 0.05) is 5.69 Å². The number of ether oxygens (including phenoxy) is 2. The van der Waals surface area contributed by atoms with E-state index in [0.29, 0.717) is 13.2 Å². The van der Waals surface area contributed by atoms with E-state index in [1.54, 1.807) is 7.11 Å². The van der Waals surface area contributed by atoms with Crippen molar-refractivity contribution in [2.45, 2.75) is 32.3 Å². The number of methoxy groups -OCH3 is 1. The SMILES string of the molecule is COc1ccc(N2CC[NH+](C[C@H](O)COc3ccccc3C(C)(C)C)CC2)cc1. The monoisotopic (exact) mass is 399 g/mol. The zero-order valence-electron chi connectivity index (χ0n) is 18.1. The lowest BCUT2D eigenvalue weighted by Gasteiger charge is -2.34. The lowest BCUT2D eigenvalue weighted by molar-refractivity contribution is -0.903. The van der Waals surface area contributed by atoms with Gasteiger partial charge in [-0.1, -0.05) is 39.0 Å². The van der Waals surface area contributed by atoms with Crippen molar-refractivity contribution in [3.05, 3.63) is 54.1 Å². The van der Waals surface area contributed by atoms with E-state index in [4.69, 9.17) is 9.47 Å². The quantitative estimate of drug-likeness (QED) is 0.749. The molecular weight excluding hydrogens is 364 g/mol. The number of quaternary nitrogens is 1. The molecule has 1 aliphatic rings. The summed E-state index contributed by atoms with van der Waals surface area (Å²) in [5.74, 6) is 1.76. The van der Waals surface area contributed by atoms with Crippen LogP contribution in [0.25, 0.3) is 0 Å². The van der Waals surface area contributed by atoms with Crippen molar-refractivity contribution in [1.82, 2.24) is 0 Å². The molecule has 1 aliphatic heterocycles. The van der Waals surface area contributed by atoms with Gasteiger partial charge in [0.25, 0.3) is 0 Å². The number of aliphatic hydroxyl groups is 1. The zero-order valence-corrected chi connectivity index (χ0v) is 18.1. The second-order valence-corrected chi connectivity index (χ2v) is 8.85. The number of hydrogen-bond donors (Lipinski definition) is 2. The highest BCUT2D eigenvalue weighted by Gasteiger charge is 2.24. The molecule has 2 N–H and O–H groups in total. The van der Waals surface area contributed by atoms with Crippen molar-refractivity contribution < 1.29 is 19.5 Å². The summed E-state index contributed by atoms with van der Waals surface area (Å²) in [6, 6.07) is 16.4. The molecule has 0 bridgehead atoms. The first-order valence-corrected chi connectivity index (χ1v) is 10.5. The van der Waals surface area contributed by atoms with Gasteiger partial charge in [-0.15, -0.1) is 0 Å². The van der Waals surface area contributed by atoms with Crippen molar-refractivity contribution in [2.24, 2.45) is 0 Å². The molecule has 1 saturated heterocycles. The summed E-state index contributed by atoms with van der Waals surface area (Å²) in [7, 11) is 1.69. The highest BCUT2D eigenvalue weighted by atomic mass is 16.5. The Hall–Kier alpha value is -2.24. The highest BCUT2D eigenvalue weighted by molar-refractivity contribution is 5.49. The molecule has 2 aromatic carbocycles. The molecule has 0 aliphatic carbocycles. The molecule has 5 heteroatoms. The van der Waals surface area contributed by atoms with Gasteiger partial charge in [0.2, 0.25) is 0 Å². The third-order valence-corrected chi connectivity index (χ3v) is 5.56. The first-order chi connectivity index (χ1) is 13.9. The van der Waals surface area contributed by atoms with Crippen molar-refractivity contribution >= 4 is 5.69 Å². The Labute approximate surface area is 174 Å². The molecule has 5 nitrogen and oxygen atoms in total. The van der Waals surface area contributed by atoms with Gasteiger partial charge in [-0.25, -0.2) is 0 Å². The molecule has 1 fully saturated rings. The fourth-order valence-corrected chi connectivity index (χ4v) is 3.87. The summed E-state index contributed by atoms with van der Waals surface area (Å²) in [4.78, 5) is 3.82. The minimum atomic E-state index is -0.467. The zero-order chi connectivity index (χ0) is 20.9. The predicted molar refractivity (Wildman–Crippen MR) is 117 cm³/mol. The van der Waals surface area contributed by atoms with Gasteiger partial charge in [0.05, 0.1) is 33.3 Å². The van der Waals surface area contributed by atoms with Crippen LogP contribution in [0.5, 0.6) is 11.5 Å². The van der Waals surface area contributed by atoms with Gasteiger partial charge in [0.1, 0.15) is 30.8 Å². The lowest BCUT2D eigenvalue weighted by Crippen LogP contribution is -3.16. The van der Waals surface area contributed by atoms with Gasteiger partial charge in [-0.2, -0.15) is 0 Å². The number of anilines is 1. The van der Waals surface area contributed by atoms with Crippen LogP contribution in [0.3, 0.4) is 0 Å². The summed E-state index contributed by atoms with van der Waals surface area (Å²) in [5.41, 5.74) is 2.42. The Bertz CT molecular complexity index is 762. The average Bonchev–Trinajstić information content (AvgIpc) is 2.72. The maximum Gasteiger partial charge on any atom is 0.137 e. The normalized spacial score (nSPS) is 16.5. The summed E-state index contributed by atoms with van der Waals surface area (Å²) >= 11 is 0. The van der Waals surface area contributed by atoms with E-state index in [-0.39, 0.29) is 5.41 Å². The smallest absolute Gasteiger partial charge is 0.137 e. The van der Waals surface area contributed by atoms with Crippen molar-refractivity contribution in [3.63, 3.8) is 0 Å². The van der Waals surface area contributed by atoms with Crippen molar-refractivity contribution in [1.29, 1.82) is 0 Å². The minimum Gasteiger partial charge on any atom is -0.497 e. The molecule has 1 heterocycles. The van der Waals surface area contributed by atoms with Gasteiger partial charge >= 0.3 is 0 Å². The van der Waals surface area contributed by atoms with Gasteiger partial charge in [0.15, 0.2) is 0 Å². The summed E-state index contributed by atoms with van der Waals surface area (Å²) in [6.07, 6.45) is -0.467. The average molecular weight is 400 g/mol. The number of benzene rings is 2. The second kappa shape index (κ2) is 9.51. The minimum absolute atomic E-state index is 0.0184. The van der Waals surface area contributed by atoms with E-state index < -0.39 is 6.10 Å². The van der Waals surface area contributed by atoms with E-state index in [9.17, 15) is 5.11 Å². The van der Waals surface area contributed by atoms with E-state index in [2.05, 4.69) is 43.9 Å². The lowest BCUT2D eigenvalue weighted by atomic mass is 9.86. The number of piperazine rings is 1. The third kappa shape index (κ3) is 5.87. The fourth-order valence-electron chi connectivity index (χ4n) is 3.87. The van der Waals surface area contributed by atoms with Crippen molar-refractivity contribution in [2.75, 3.05) is 51.3 Å². The molecule has 0 unspecified atom stereocenters. The van der Waals surface area contributed by atoms with Crippen LogP contribution in [0.2, 0.25) is 0 Å². The number of para-hydroxylation sites is 1. The van der Waals surface area contributed by atoms with Crippen LogP contribution in [0.4, 0.5) is 5.69 Å². The molecule has 0 amide bonds. The van der Waals surface area contributed by atoms with E-state index in [1.807, 2.05) is 30.3 Å². The second-order valence-electron chi connectivity index (χ2n) is 8.85. The first kappa shape index (κ1) is 21.5. The first-order valence-electron chi connectivity index (χ1n) is 10.5. The molecule has 3 rings (SSSR count). The largest absolute Gasteiger partial charge is 0.497 e. The Morgan fingerprint density at radius 3 is 2.31 bits per heavy atom. The van der Waals surface area contributed by atoms with Gasteiger partial charge < -0.3 is 24.4 Å². The molecule has 0 aromatic heterocycles. The van der Waals surface area contributed by atoms with Crippen molar-refractivity contribution in [3.8, 4) is 11.5 Å². The molecule has 29 heavy (non-hydrogen) atoms. The number of rotatable bonds is 7. The highest BCUT2D eigenvalue weighted by Crippen LogP contribution is 2.30. The van der Waals surface area contributed by atoms with Gasteiger partial charge in [-0.05, 0) is 41.3 Å². The summed E-state index contributed by atoms with van der Waals surface area (Å²) < 4.78 is 11.2. The van der Waals surface area contributed by atoms with E-state index >= 15 is 0 Å². The number of nitrogens with zero attached hydrogens (tertiary/aromatic N) is 1. The van der Waals surface area contributed by atoms with Crippen LogP contribution in [0.15, 0.2) is 48.5 Å². The number of hydrogen-bond acceptors (Lipinski definition) is 4. The molecule has 0 radical (unpaired) electrons. The Kier molecular flexibility index (Phi) is 7.04. The van der Waals surface area contributed by atoms with Gasteiger partial charge in [-0.3, -0.25) is 0 Å². The van der Waals surface area contributed by atoms with Crippen LogP contribution in [0, 0.1) is 0 Å². The molecule has 2 aromatic rings. The Balaban J connectivity index is 1.46. The third-order valence-electron chi connectivity index (χ3n) is 5.56. The van der Waals surface area contributed by atoms with Crippen LogP contribution in [0.1, 0.15) is 26.3 Å².